The second-order valence-electron chi connectivity index (χ2n) is 3.47. The Balaban J connectivity index is 2.15. The van der Waals surface area contributed by atoms with Gasteiger partial charge in [0.15, 0.2) is 0 Å². The topological polar surface area (TPSA) is 118 Å². The number of pyridine rings is 1. The molecule has 0 aliphatic heterocycles. The average Bonchev–Trinajstić information content (AvgIpc) is 2.72. The standard InChI is InChI=1S/C9H11N5O2/c10-6(1-2-8(15)16)5-3-7-9(11-4-5)13-14-12-7/h3-4,6H,1-2,10H2,(H,15,16)(H,11,12,13,14). The lowest BCUT2D eigenvalue weighted by Gasteiger charge is -2.09. The Morgan fingerprint density at radius 1 is 1.56 bits per heavy atom. The van der Waals surface area contributed by atoms with Crippen molar-refractivity contribution < 1.29 is 9.90 Å². The molecule has 2 heterocycles. The molecule has 0 saturated carbocycles. The van der Waals surface area contributed by atoms with Crippen LogP contribution in [0.5, 0.6) is 0 Å². The molecule has 0 aromatic carbocycles. The third-order valence-electron chi connectivity index (χ3n) is 2.29. The van der Waals surface area contributed by atoms with Crippen LogP contribution in [0.15, 0.2) is 12.3 Å². The van der Waals surface area contributed by atoms with E-state index in [9.17, 15) is 4.79 Å². The Morgan fingerprint density at radius 3 is 3.12 bits per heavy atom. The molecule has 0 bridgehead atoms. The number of nitrogens with one attached hydrogen (secondary N) is 1. The fourth-order valence-corrected chi connectivity index (χ4v) is 1.40. The first-order valence-corrected chi connectivity index (χ1v) is 4.80. The Hall–Kier alpha value is -2.02. The fourth-order valence-electron chi connectivity index (χ4n) is 1.40. The van der Waals surface area contributed by atoms with Crippen molar-refractivity contribution in [2.75, 3.05) is 0 Å². The number of hydrogen-bond acceptors (Lipinski definition) is 5. The summed E-state index contributed by atoms with van der Waals surface area (Å²) in [5.74, 6) is -0.856. The number of nitrogens with zero attached hydrogens (tertiary/aromatic N) is 3. The van der Waals surface area contributed by atoms with Crippen LogP contribution in [0.2, 0.25) is 0 Å². The van der Waals surface area contributed by atoms with Crippen LogP contribution in [-0.2, 0) is 4.79 Å². The first kappa shape index (κ1) is 10.5. The van der Waals surface area contributed by atoms with Gasteiger partial charge in [0.25, 0.3) is 0 Å². The third-order valence-corrected chi connectivity index (χ3v) is 2.29. The highest BCUT2D eigenvalue weighted by atomic mass is 16.4. The molecule has 0 fully saturated rings. The van der Waals surface area contributed by atoms with E-state index in [1.165, 1.54) is 0 Å². The maximum absolute atomic E-state index is 10.4. The van der Waals surface area contributed by atoms with Crippen molar-refractivity contribution in [1.29, 1.82) is 0 Å². The van der Waals surface area contributed by atoms with Gasteiger partial charge in [-0.15, -0.1) is 5.10 Å². The first-order valence-electron chi connectivity index (χ1n) is 4.80. The van der Waals surface area contributed by atoms with Crippen molar-refractivity contribution >= 4 is 17.1 Å². The van der Waals surface area contributed by atoms with Crippen molar-refractivity contribution in [2.45, 2.75) is 18.9 Å². The SMILES string of the molecule is NC(CCC(=O)O)c1cnc2n[nH]nc2c1. The van der Waals surface area contributed by atoms with Gasteiger partial charge >= 0.3 is 5.97 Å². The molecule has 1 unspecified atom stereocenters. The van der Waals surface area contributed by atoms with Crippen LogP contribution < -0.4 is 5.73 Å². The summed E-state index contributed by atoms with van der Waals surface area (Å²) >= 11 is 0. The lowest BCUT2D eigenvalue weighted by molar-refractivity contribution is -0.137. The van der Waals surface area contributed by atoms with Crippen LogP contribution in [-0.4, -0.2) is 31.5 Å². The zero-order valence-corrected chi connectivity index (χ0v) is 8.42. The normalized spacial score (nSPS) is 12.8. The smallest absolute Gasteiger partial charge is 0.303 e. The number of nitrogens with two attached hydrogens (primary N) is 1. The van der Waals surface area contributed by atoms with E-state index in [0.717, 1.165) is 5.56 Å². The minimum atomic E-state index is -0.856. The molecule has 2 aromatic rings. The fraction of sp³-hybridized carbons (Fsp3) is 0.333. The summed E-state index contributed by atoms with van der Waals surface area (Å²) in [6, 6.07) is 1.42. The van der Waals surface area contributed by atoms with Crippen molar-refractivity contribution in [3.8, 4) is 0 Å². The van der Waals surface area contributed by atoms with E-state index >= 15 is 0 Å². The number of H-pyrrole nitrogens is 1. The summed E-state index contributed by atoms with van der Waals surface area (Å²) in [5, 5.41) is 18.7. The predicted octanol–water partition coefficient (Wildman–Crippen LogP) is 0.217. The number of aromatic amines is 1. The van der Waals surface area contributed by atoms with Crippen molar-refractivity contribution in [3.05, 3.63) is 17.8 Å². The molecule has 84 valence electrons. The average molecular weight is 221 g/mol. The number of carbonyl (C=O) groups is 1. The number of hydrogen-bond donors (Lipinski definition) is 3. The predicted molar refractivity (Wildman–Crippen MR) is 55.5 cm³/mol. The van der Waals surface area contributed by atoms with Gasteiger partial charge < -0.3 is 10.8 Å². The second kappa shape index (κ2) is 4.23. The van der Waals surface area contributed by atoms with Crippen LogP contribution in [0.25, 0.3) is 11.2 Å². The van der Waals surface area contributed by atoms with Crippen LogP contribution in [0.3, 0.4) is 0 Å². The Bertz CT molecular complexity index is 509. The monoisotopic (exact) mass is 221 g/mol. The molecule has 0 radical (unpaired) electrons. The molecule has 16 heavy (non-hydrogen) atoms. The lowest BCUT2D eigenvalue weighted by Crippen LogP contribution is -2.12. The van der Waals surface area contributed by atoms with E-state index in [4.69, 9.17) is 10.8 Å². The maximum Gasteiger partial charge on any atom is 0.303 e. The number of fused-ring (bicyclic) bond motifs is 1. The number of aromatic nitrogens is 4. The second-order valence-corrected chi connectivity index (χ2v) is 3.47. The highest BCUT2D eigenvalue weighted by Crippen LogP contribution is 2.17. The van der Waals surface area contributed by atoms with E-state index in [0.29, 0.717) is 17.6 Å². The minimum absolute atomic E-state index is 0.0397. The van der Waals surface area contributed by atoms with Crippen LogP contribution in [0.4, 0.5) is 0 Å². The highest BCUT2D eigenvalue weighted by Gasteiger charge is 2.10. The molecule has 4 N–H and O–H groups in total. The quantitative estimate of drug-likeness (QED) is 0.679. The van der Waals surface area contributed by atoms with Crippen LogP contribution in [0, 0.1) is 0 Å². The third kappa shape index (κ3) is 2.14. The van der Waals surface area contributed by atoms with E-state index in [2.05, 4.69) is 20.4 Å². The van der Waals surface area contributed by atoms with E-state index in [-0.39, 0.29) is 12.5 Å². The molecule has 0 aliphatic rings. The van der Waals surface area contributed by atoms with Gasteiger partial charge in [0.1, 0.15) is 5.52 Å². The zero-order valence-electron chi connectivity index (χ0n) is 8.42. The van der Waals surface area contributed by atoms with Crippen LogP contribution in [0.1, 0.15) is 24.4 Å². The minimum Gasteiger partial charge on any atom is -0.481 e. The molecule has 0 spiro atoms. The van der Waals surface area contributed by atoms with Gasteiger partial charge in [-0.25, -0.2) is 4.98 Å². The van der Waals surface area contributed by atoms with Crippen LogP contribution >= 0.6 is 0 Å². The highest BCUT2D eigenvalue weighted by molar-refractivity contribution is 5.69. The Morgan fingerprint density at radius 2 is 2.38 bits per heavy atom. The van der Waals surface area contributed by atoms with Gasteiger partial charge in [-0.1, -0.05) is 0 Å². The maximum atomic E-state index is 10.4. The molecule has 0 aliphatic carbocycles. The van der Waals surface area contributed by atoms with Crippen molar-refractivity contribution in [1.82, 2.24) is 20.4 Å². The number of aliphatic carboxylic acids is 1. The molecule has 0 amide bonds. The molecule has 2 rings (SSSR count). The molecular formula is C9H11N5O2. The molecule has 7 nitrogen and oxygen atoms in total. The summed E-state index contributed by atoms with van der Waals surface area (Å²) in [6.45, 7) is 0. The van der Waals surface area contributed by atoms with Crippen molar-refractivity contribution in [3.63, 3.8) is 0 Å². The van der Waals surface area contributed by atoms with Gasteiger partial charge in [-0.3, -0.25) is 4.79 Å². The molecule has 0 saturated heterocycles. The lowest BCUT2D eigenvalue weighted by atomic mass is 10.0. The molecule has 7 heteroatoms. The number of rotatable bonds is 4. The largest absolute Gasteiger partial charge is 0.481 e. The van der Waals surface area contributed by atoms with Gasteiger partial charge in [-0.2, -0.15) is 10.3 Å². The Labute approximate surface area is 90.7 Å². The van der Waals surface area contributed by atoms with Gasteiger partial charge in [0, 0.05) is 18.7 Å². The van der Waals surface area contributed by atoms with Gasteiger partial charge in [0.05, 0.1) is 0 Å². The zero-order chi connectivity index (χ0) is 11.5. The summed E-state index contributed by atoms with van der Waals surface area (Å²) in [6.07, 6.45) is 2.01. The van der Waals surface area contributed by atoms with E-state index < -0.39 is 5.97 Å². The summed E-state index contributed by atoms with van der Waals surface area (Å²) in [7, 11) is 0. The number of carboxylic acid groups (broad SMARTS) is 1. The summed E-state index contributed by atoms with van der Waals surface area (Å²) in [4.78, 5) is 14.5. The molecule has 2 aromatic heterocycles. The Kier molecular flexibility index (Phi) is 2.78. The van der Waals surface area contributed by atoms with Crippen molar-refractivity contribution in [2.24, 2.45) is 5.73 Å². The van der Waals surface area contributed by atoms with E-state index in [1.54, 1.807) is 12.3 Å². The van der Waals surface area contributed by atoms with Gasteiger partial charge in [-0.05, 0) is 18.1 Å². The number of carboxylic acids is 1. The summed E-state index contributed by atoms with van der Waals surface area (Å²) < 4.78 is 0. The van der Waals surface area contributed by atoms with Gasteiger partial charge in [0.2, 0.25) is 5.65 Å². The summed E-state index contributed by atoms with van der Waals surface area (Å²) in [5.41, 5.74) is 7.76. The van der Waals surface area contributed by atoms with E-state index in [1.807, 2.05) is 0 Å². The molecular weight excluding hydrogens is 210 g/mol. The first-order chi connectivity index (χ1) is 7.66. The molecule has 1 atom stereocenters.